The van der Waals surface area contributed by atoms with Gasteiger partial charge < -0.3 is 15.8 Å². The molecule has 0 atom stereocenters. The Balaban J connectivity index is 3.10. The van der Waals surface area contributed by atoms with Crippen molar-refractivity contribution in [3.63, 3.8) is 0 Å². The average molecular weight is 349 g/mol. The third kappa shape index (κ3) is 3.84. The average Bonchev–Trinajstić information content (AvgIpc) is 2.37. The Hall–Kier alpha value is -1.27. The zero-order valence-corrected chi connectivity index (χ0v) is 12.9. The zero-order valence-electron chi connectivity index (χ0n) is 10.6. The Bertz CT molecular complexity index is 506. The van der Waals surface area contributed by atoms with Gasteiger partial charge >= 0.3 is 0 Å². The second-order valence-corrected chi connectivity index (χ2v) is 5.45. The van der Waals surface area contributed by atoms with E-state index in [2.05, 4.69) is 21.1 Å². The lowest BCUT2D eigenvalue weighted by Crippen LogP contribution is -2.43. The third-order valence-electron chi connectivity index (χ3n) is 2.53. The van der Waals surface area contributed by atoms with Gasteiger partial charge in [-0.15, -0.1) is 0 Å². The summed E-state index contributed by atoms with van der Waals surface area (Å²) in [4.78, 5) is 13.9. The molecule has 0 fully saturated rings. The van der Waals surface area contributed by atoms with Crippen LogP contribution in [0.15, 0.2) is 27.8 Å². The maximum Gasteiger partial charge on any atom is 0.256 e. The Morgan fingerprint density at radius 1 is 1.58 bits per heavy atom. The van der Waals surface area contributed by atoms with Gasteiger partial charge in [0.25, 0.3) is 5.91 Å². The van der Waals surface area contributed by atoms with Gasteiger partial charge in [-0.25, -0.2) is 0 Å². The van der Waals surface area contributed by atoms with Gasteiger partial charge in [-0.2, -0.15) is 0 Å². The van der Waals surface area contributed by atoms with E-state index in [-0.39, 0.29) is 24.3 Å². The molecule has 0 spiro atoms. The Kier molecular flexibility index (Phi) is 5.62. The molecule has 0 aliphatic carbocycles. The number of rotatable bonds is 4. The second-order valence-electron chi connectivity index (χ2n) is 4.22. The molecule has 0 aliphatic heterocycles. The first-order valence-corrected chi connectivity index (χ1v) is 6.77. The Morgan fingerprint density at radius 3 is 2.74 bits per heavy atom. The van der Waals surface area contributed by atoms with Gasteiger partial charge in [0.05, 0.1) is 17.1 Å². The van der Waals surface area contributed by atoms with E-state index in [9.17, 15) is 4.79 Å². The van der Waals surface area contributed by atoms with E-state index in [0.29, 0.717) is 15.1 Å². The molecule has 3 N–H and O–H groups in total. The fourth-order valence-corrected chi connectivity index (χ4v) is 2.09. The van der Waals surface area contributed by atoms with Crippen molar-refractivity contribution >= 4 is 39.3 Å². The number of amides is 1. The summed E-state index contributed by atoms with van der Waals surface area (Å²) in [6.07, 6.45) is 0. The van der Waals surface area contributed by atoms with Crippen molar-refractivity contribution < 1.29 is 10.0 Å². The summed E-state index contributed by atoms with van der Waals surface area (Å²) >= 11 is 9.38. The first-order chi connectivity index (χ1) is 8.88. The molecule has 0 aliphatic rings. The number of nitrogens with zero attached hydrogens (tertiary/aromatic N) is 2. The first kappa shape index (κ1) is 15.8. The smallest absolute Gasteiger partial charge is 0.256 e. The number of benzene rings is 1. The Labute approximate surface area is 125 Å². The van der Waals surface area contributed by atoms with Crippen LogP contribution in [0.3, 0.4) is 0 Å². The molecule has 1 amide bonds. The number of carbonyl (C=O) groups excluding carboxylic acids is 1. The van der Waals surface area contributed by atoms with E-state index in [4.69, 9.17) is 22.5 Å². The van der Waals surface area contributed by atoms with Crippen molar-refractivity contribution in [2.75, 3.05) is 6.54 Å². The minimum atomic E-state index is -0.270. The first-order valence-electron chi connectivity index (χ1n) is 5.59. The molecule has 0 radical (unpaired) electrons. The number of nitrogens with two attached hydrogens (primary N) is 1. The number of carbonyl (C=O) groups is 1. The predicted molar refractivity (Wildman–Crippen MR) is 78.7 cm³/mol. The van der Waals surface area contributed by atoms with Crippen LogP contribution in [0.5, 0.6) is 0 Å². The molecule has 5 nitrogen and oxygen atoms in total. The van der Waals surface area contributed by atoms with Crippen LogP contribution >= 0.6 is 27.5 Å². The summed E-state index contributed by atoms with van der Waals surface area (Å²) in [7, 11) is 0. The lowest BCUT2D eigenvalue weighted by atomic mass is 10.1. The molecular formula is C12H15BrClN3O2. The maximum atomic E-state index is 12.4. The minimum absolute atomic E-state index is 0.0341. The molecule has 0 heterocycles. The molecule has 104 valence electrons. The van der Waals surface area contributed by atoms with Gasteiger partial charge in [-0.3, -0.25) is 4.79 Å². The van der Waals surface area contributed by atoms with E-state index < -0.39 is 0 Å². The van der Waals surface area contributed by atoms with Crippen LogP contribution < -0.4 is 5.73 Å². The standard InChI is InChI=1S/C12H15BrClN3O2/c1-7(2)17(6-10(15)16-19)12(18)8-4-3-5-9(13)11(8)14/h3-5,7,19H,6H2,1-2H3,(H2,15,16). The van der Waals surface area contributed by atoms with Crippen molar-refractivity contribution in [3.05, 3.63) is 33.3 Å². The topological polar surface area (TPSA) is 78.9 Å². The number of halogens is 2. The molecule has 1 rings (SSSR count). The molecule has 7 heteroatoms. The summed E-state index contributed by atoms with van der Waals surface area (Å²) in [5.41, 5.74) is 5.83. The molecule has 0 saturated heterocycles. The lowest BCUT2D eigenvalue weighted by molar-refractivity contribution is 0.0734. The van der Waals surface area contributed by atoms with E-state index in [1.807, 2.05) is 13.8 Å². The van der Waals surface area contributed by atoms with Crippen molar-refractivity contribution in [1.29, 1.82) is 0 Å². The fourth-order valence-electron chi connectivity index (χ4n) is 1.52. The predicted octanol–water partition coefficient (Wildman–Crippen LogP) is 2.70. The van der Waals surface area contributed by atoms with Gasteiger partial charge in [0.2, 0.25) is 0 Å². The van der Waals surface area contributed by atoms with E-state index in [1.54, 1.807) is 18.2 Å². The fraction of sp³-hybridized carbons (Fsp3) is 0.333. The highest BCUT2D eigenvalue weighted by Crippen LogP contribution is 2.27. The number of hydrogen-bond donors (Lipinski definition) is 2. The molecule has 1 aromatic carbocycles. The van der Waals surface area contributed by atoms with Crippen LogP contribution in [-0.4, -0.2) is 34.4 Å². The molecule has 0 unspecified atom stereocenters. The van der Waals surface area contributed by atoms with Crippen molar-refractivity contribution in [3.8, 4) is 0 Å². The third-order valence-corrected chi connectivity index (χ3v) is 3.82. The molecule has 0 saturated carbocycles. The van der Waals surface area contributed by atoms with Gasteiger partial charge in [0.15, 0.2) is 5.84 Å². The van der Waals surface area contributed by atoms with Gasteiger partial charge in [-0.05, 0) is 41.9 Å². The number of hydrogen-bond acceptors (Lipinski definition) is 3. The summed E-state index contributed by atoms with van der Waals surface area (Å²) < 4.78 is 0.646. The summed E-state index contributed by atoms with van der Waals surface area (Å²) in [5, 5.41) is 11.8. The second kappa shape index (κ2) is 6.77. The normalized spacial score (nSPS) is 11.7. The number of oxime groups is 1. The highest BCUT2D eigenvalue weighted by Gasteiger charge is 2.22. The zero-order chi connectivity index (χ0) is 14.6. The number of amidine groups is 1. The molecule has 1 aromatic rings. The maximum absolute atomic E-state index is 12.4. The highest BCUT2D eigenvalue weighted by molar-refractivity contribution is 9.10. The lowest BCUT2D eigenvalue weighted by Gasteiger charge is -2.26. The van der Waals surface area contributed by atoms with E-state index >= 15 is 0 Å². The monoisotopic (exact) mass is 347 g/mol. The molecule has 19 heavy (non-hydrogen) atoms. The van der Waals surface area contributed by atoms with E-state index in [0.717, 1.165) is 0 Å². The van der Waals surface area contributed by atoms with Crippen molar-refractivity contribution in [2.45, 2.75) is 19.9 Å². The van der Waals surface area contributed by atoms with Crippen molar-refractivity contribution in [2.24, 2.45) is 10.9 Å². The SMILES string of the molecule is CC(C)N(C/C(N)=N/O)C(=O)c1cccc(Br)c1Cl. The molecule has 0 aromatic heterocycles. The van der Waals surface area contributed by atoms with Crippen molar-refractivity contribution in [1.82, 2.24) is 4.90 Å². The molecule has 0 bridgehead atoms. The highest BCUT2D eigenvalue weighted by atomic mass is 79.9. The largest absolute Gasteiger partial charge is 0.409 e. The van der Waals surface area contributed by atoms with Gasteiger partial charge in [-0.1, -0.05) is 22.8 Å². The summed E-state index contributed by atoms with van der Waals surface area (Å²) in [6.45, 7) is 3.72. The quantitative estimate of drug-likeness (QED) is 0.380. The van der Waals surface area contributed by atoms with Crippen LogP contribution in [0.4, 0.5) is 0 Å². The van der Waals surface area contributed by atoms with Crippen LogP contribution in [0.2, 0.25) is 5.02 Å². The summed E-state index contributed by atoms with van der Waals surface area (Å²) in [6, 6.07) is 5.01. The Morgan fingerprint density at radius 2 is 2.21 bits per heavy atom. The van der Waals surface area contributed by atoms with Crippen LogP contribution in [0, 0.1) is 0 Å². The van der Waals surface area contributed by atoms with Crippen LogP contribution in [0.25, 0.3) is 0 Å². The van der Waals surface area contributed by atoms with Gasteiger partial charge in [0, 0.05) is 10.5 Å². The van der Waals surface area contributed by atoms with Crippen LogP contribution in [-0.2, 0) is 0 Å². The van der Waals surface area contributed by atoms with Crippen LogP contribution in [0.1, 0.15) is 24.2 Å². The minimum Gasteiger partial charge on any atom is -0.409 e. The van der Waals surface area contributed by atoms with Gasteiger partial charge in [0.1, 0.15) is 0 Å². The summed E-state index contributed by atoms with van der Waals surface area (Å²) in [5.74, 6) is -0.305. The molecular weight excluding hydrogens is 334 g/mol. The van der Waals surface area contributed by atoms with E-state index in [1.165, 1.54) is 4.90 Å².